The number of halogens is 1. The van der Waals surface area contributed by atoms with Crippen LogP contribution >= 0.6 is 0 Å². The number of nitrogens with two attached hydrogens (primary N) is 1. The number of benzene rings is 1. The van der Waals surface area contributed by atoms with Crippen molar-refractivity contribution in [2.24, 2.45) is 5.73 Å². The zero-order chi connectivity index (χ0) is 14.7. The van der Waals surface area contributed by atoms with Crippen LogP contribution in [0.2, 0.25) is 0 Å². The second kappa shape index (κ2) is 6.19. The molecular formula is C14H20FN3O2. The summed E-state index contributed by atoms with van der Waals surface area (Å²) >= 11 is 0. The average Bonchev–Trinajstić information content (AvgIpc) is 2.46. The SMILES string of the molecule is COc1cccc(F)c1C(=O)N1CCN(C)CC1CN. The highest BCUT2D eigenvalue weighted by Gasteiger charge is 2.31. The zero-order valence-electron chi connectivity index (χ0n) is 11.8. The van der Waals surface area contributed by atoms with Crippen LogP contribution in [0.5, 0.6) is 5.75 Å². The van der Waals surface area contributed by atoms with Gasteiger partial charge in [0.15, 0.2) is 0 Å². The quantitative estimate of drug-likeness (QED) is 0.879. The topological polar surface area (TPSA) is 58.8 Å². The zero-order valence-corrected chi connectivity index (χ0v) is 11.8. The van der Waals surface area contributed by atoms with Crippen LogP contribution in [-0.4, -0.2) is 62.1 Å². The normalized spacial score (nSPS) is 20.0. The van der Waals surface area contributed by atoms with Gasteiger partial charge in [0.2, 0.25) is 0 Å². The van der Waals surface area contributed by atoms with E-state index in [1.54, 1.807) is 11.0 Å². The Bertz CT molecular complexity index is 495. The fourth-order valence-corrected chi connectivity index (χ4v) is 2.51. The highest BCUT2D eigenvalue weighted by atomic mass is 19.1. The van der Waals surface area contributed by atoms with Crippen LogP contribution < -0.4 is 10.5 Å². The van der Waals surface area contributed by atoms with Gasteiger partial charge in [-0.3, -0.25) is 4.79 Å². The van der Waals surface area contributed by atoms with Crippen molar-refractivity contribution in [1.82, 2.24) is 9.80 Å². The first-order valence-electron chi connectivity index (χ1n) is 6.60. The monoisotopic (exact) mass is 281 g/mol. The lowest BCUT2D eigenvalue weighted by Crippen LogP contribution is -2.56. The van der Waals surface area contributed by atoms with Crippen LogP contribution in [0.25, 0.3) is 0 Å². The molecule has 0 bridgehead atoms. The number of rotatable bonds is 3. The lowest BCUT2D eigenvalue weighted by Gasteiger charge is -2.39. The maximum absolute atomic E-state index is 14.0. The van der Waals surface area contributed by atoms with Gasteiger partial charge in [0, 0.05) is 26.2 Å². The summed E-state index contributed by atoms with van der Waals surface area (Å²) in [7, 11) is 3.41. The summed E-state index contributed by atoms with van der Waals surface area (Å²) in [5.74, 6) is -0.669. The summed E-state index contributed by atoms with van der Waals surface area (Å²) in [5.41, 5.74) is 5.72. The number of methoxy groups -OCH3 is 1. The van der Waals surface area contributed by atoms with Crippen LogP contribution in [0.15, 0.2) is 18.2 Å². The summed E-state index contributed by atoms with van der Waals surface area (Å²) in [4.78, 5) is 16.4. The van der Waals surface area contributed by atoms with Gasteiger partial charge in [0.25, 0.3) is 5.91 Å². The average molecular weight is 281 g/mol. The van der Waals surface area contributed by atoms with E-state index in [-0.39, 0.29) is 23.3 Å². The molecule has 1 aliphatic heterocycles. The van der Waals surface area contributed by atoms with Gasteiger partial charge in [0.05, 0.1) is 13.2 Å². The summed E-state index contributed by atoms with van der Waals surface area (Å²) < 4.78 is 19.1. The van der Waals surface area contributed by atoms with E-state index in [9.17, 15) is 9.18 Å². The number of likely N-dealkylation sites (N-methyl/N-ethyl adjacent to an activating group) is 1. The Balaban J connectivity index is 2.31. The first-order chi connectivity index (χ1) is 9.58. The molecule has 1 atom stereocenters. The molecule has 0 radical (unpaired) electrons. The van der Waals surface area contributed by atoms with Crippen molar-refractivity contribution in [2.75, 3.05) is 40.3 Å². The molecule has 6 heteroatoms. The molecule has 1 aliphatic rings. The molecule has 1 amide bonds. The Morgan fingerprint density at radius 1 is 1.50 bits per heavy atom. The van der Waals surface area contributed by atoms with Crippen molar-refractivity contribution < 1.29 is 13.9 Å². The maximum atomic E-state index is 14.0. The predicted octanol–water partition coefficient (Wildman–Crippen LogP) is 0.549. The Morgan fingerprint density at radius 3 is 2.90 bits per heavy atom. The molecule has 1 heterocycles. The lowest BCUT2D eigenvalue weighted by atomic mass is 10.1. The maximum Gasteiger partial charge on any atom is 0.261 e. The molecule has 1 aromatic carbocycles. The molecule has 110 valence electrons. The summed E-state index contributed by atoms with van der Waals surface area (Å²) in [6, 6.07) is 4.27. The van der Waals surface area contributed by atoms with E-state index in [4.69, 9.17) is 10.5 Å². The minimum atomic E-state index is -0.566. The minimum absolute atomic E-state index is 0.0157. The molecule has 0 saturated carbocycles. The molecule has 2 rings (SSSR count). The molecule has 1 saturated heterocycles. The number of carbonyl (C=O) groups is 1. The minimum Gasteiger partial charge on any atom is -0.496 e. The van der Waals surface area contributed by atoms with E-state index < -0.39 is 5.82 Å². The first-order valence-corrected chi connectivity index (χ1v) is 6.60. The smallest absolute Gasteiger partial charge is 0.261 e. The fraction of sp³-hybridized carbons (Fsp3) is 0.500. The van der Waals surface area contributed by atoms with E-state index in [0.29, 0.717) is 19.6 Å². The predicted molar refractivity (Wildman–Crippen MR) is 74.3 cm³/mol. The van der Waals surface area contributed by atoms with Crippen molar-refractivity contribution in [3.05, 3.63) is 29.6 Å². The van der Waals surface area contributed by atoms with E-state index >= 15 is 0 Å². The number of piperazine rings is 1. The summed E-state index contributed by atoms with van der Waals surface area (Å²) in [5, 5.41) is 0. The van der Waals surface area contributed by atoms with E-state index in [2.05, 4.69) is 4.90 Å². The van der Waals surface area contributed by atoms with Crippen LogP contribution in [0.1, 0.15) is 10.4 Å². The first kappa shape index (κ1) is 14.7. The van der Waals surface area contributed by atoms with Crippen LogP contribution in [0.4, 0.5) is 4.39 Å². The number of carbonyl (C=O) groups excluding carboxylic acids is 1. The van der Waals surface area contributed by atoms with Crippen molar-refractivity contribution in [3.8, 4) is 5.75 Å². The summed E-state index contributed by atoms with van der Waals surface area (Å²) in [6.45, 7) is 2.33. The van der Waals surface area contributed by atoms with Gasteiger partial charge < -0.3 is 20.3 Å². The second-order valence-corrected chi connectivity index (χ2v) is 4.97. The third-order valence-electron chi connectivity index (χ3n) is 3.63. The molecule has 1 unspecified atom stereocenters. The highest BCUT2D eigenvalue weighted by molar-refractivity contribution is 5.97. The Hall–Kier alpha value is -1.66. The number of hydrogen-bond acceptors (Lipinski definition) is 4. The molecule has 5 nitrogen and oxygen atoms in total. The largest absolute Gasteiger partial charge is 0.496 e. The van der Waals surface area contributed by atoms with Crippen molar-refractivity contribution >= 4 is 5.91 Å². The van der Waals surface area contributed by atoms with Gasteiger partial charge in [-0.25, -0.2) is 4.39 Å². The number of nitrogens with zero attached hydrogens (tertiary/aromatic N) is 2. The van der Waals surface area contributed by atoms with Crippen molar-refractivity contribution in [3.63, 3.8) is 0 Å². The Kier molecular flexibility index (Phi) is 4.57. The van der Waals surface area contributed by atoms with Crippen molar-refractivity contribution in [1.29, 1.82) is 0 Å². The Morgan fingerprint density at radius 2 is 2.25 bits per heavy atom. The number of ether oxygens (including phenoxy) is 1. The van der Waals surface area contributed by atoms with E-state index in [1.807, 2.05) is 7.05 Å². The molecule has 1 fully saturated rings. The molecule has 2 N–H and O–H groups in total. The third kappa shape index (κ3) is 2.76. The lowest BCUT2D eigenvalue weighted by molar-refractivity contribution is 0.0508. The van der Waals surface area contributed by atoms with Crippen molar-refractivity contribution in [2.45, 2.75) is 6.04 Å². The van der Waals surface area contributed by atoms with Gasteiger partial charge in [0.1, 0.15) is 17.1 Å². The highest BCUT2D eigenvalue weighted by Crippen LogP contribution is 2.24. The van der Waals surface area contributed by atoms with Gasteiger partial charge in [-0.2, -0.15) is 0 Å². The summed E-state index contributed by atoms with van der Waals surface area (Å²) in [6.07, 6.45) is 0. The molecule has 1 aromatic rings. The van der Waals surface area contributed by atoms with Crippen LogP contribution in [0, 0.1) is 5.82 Å². The number of amides is 1. The molecule has 0 aromatic heterocycles. The Labute approximate surface area is 118 Å². The van der Waals surface area contributed by atoms with E-state index in [1.165, 1.54) is 19.2 Å². The van der Waals surface area contributed by atoms with Crippen LogP contribution in [0.3, 0.4) is 0 Å². The second-order valence-electron chi connectivity index (χ2n) is 4.97. The molecule has 20 heavy (non-hydrogen) atoms. The van der Waals surface area contributed by atoms with Gasteiger partial charge in [-0.05, 0) is 19.2 Å². The molecular weight excluding hydrogens is 261 g/mol. The van der Waals surface area contributed by atoms with Gasteiger partial charge in [-0.1, -0.05) is 6.07 Å². The number of hydrogen-bond donors (Lipinski definition) is 1. The molecule has 0 spiro atoms. The van der Waals surface area contributed by atoms with E-state index in [0.717, 1.165) is 6.54 Å². The van der Waals surface area contributed by atoms with Crippen LogP contribution in [-0.2, 0) is 0 Å². The van der Waals surface area contributed by atoms with Gasteiger partial charge >= 0.3 is 0 Å². The van der Waals surface area contributed by atoms with Gasteiger partial charge in [-0.15, -0.1) is 0 Å². The molecule has 0 aliphatic carbocycles. The standard InChI is InChI=1S/C14H20FN3O2/c1-17-6-7-18(10(8-16)9-17)14(19)13-11(15)4-3-5-12(13)20-2/h3-5,10H,6-9,16H2,1-2H3. The third-order valence-corrected chi connectivity index (χ3v) is 3.63. The fourth-order valence-electron chi connectivity index (χ4n) is 2.51.